The van der Waals surface area contributed by atoms with Gasteiger partial charge in [-0.25, -0.2) is 18.1 Å². The molecule has 0 radical (unpaired) electrons. The first-order valence-corrected chi connectivity index (χ1v) is 12.0. The third-order valence-corrected chi connectivity index (χ3v) is 7.68. The molecule has 0 saturated heterocycles. The summed E-state index contributed by atoms with van der Waals surface area (Å²) in [5.41, 5.74) is 4.31. The summed E-state index contributed by atoms with van der Waals surface area (Å²) in [6.07, 6.45) is 1.45. The third-order valence-electron chi connectivity index (χ3n) is 4.63. The lowest BCUT2D eigenvalue weighted by Gasteiger charge is -2.18. The first-order valence-electron chi connectivity index (χ1n) is 9.56. The molecule has 0 aliphatic carbocycles. The number of aryl methyl sites for hydroxylation is 2. The molecular weight excluding hydrogens is 404 g/mol. The second-order valence-corrected chi connectivity index (χ2v) is 9.65. The lowest BCUT2D eigenvalue weighted by Crippen LogP contribution is -2.30. The van der Waals surface area contributed by atoms with Crippen molar-refractivity contribution in [1.29, 1.82) is 0 Å². The minimum absolute atomic E-state index is 0.236. The van der Waals surface area contributed by atoms with Crippen LogP contribution in [0.3, 0.4) is 0 Å². The van der Waals surface area contributed by atoms with E-state index in [-0.39, 0.29) is 4.90 Å². The lowest BCUT2D eigenvalue weighted by atomic mass is 10.2. The molecule has 2 aromatic heterocycles. The van der Waals surface area contributed by atoms with Gasteiger partial charge in [-0.1, -0.05) is 26.0 Å². The summed E-state index contributed by atoms with van der Waals surface area (Å²) >= 11 is 1.58. The van der Waals surface area contributed by atoms with Gasteiger partial charge in [0.25, 0.3) is 0 Å². The van der Waals surface area contributed by atoms with Gasteiger partial charge >= 0.3 is 0 Å². The van der Waals surface area contributed by atoms with Crippen LogP contribution in [0.1, 0.15) is 30.8 Å². The third kappa shape index (κ3) is 4.88. The van der Waals surface area contributed by atoms with Gasteiger partial charge in [0.15, 0.2) is 0 Å². The number of nitrogens with zero attached hydrogens (tertiary/aromatic N) is 4. The number of hydrogen-bond donors (Lipinski definition) is 0. The number of rotatable bonds is 8. The zero-order valence-corrected chi connectivity index (χ0v) is 18.8. The summed E-state index contributed by atoms with van der Waals surface area (Å²) < 4.78 is 28.4. The largest absolute Gasteiger partial charge is 0.249 e. The van der Waals surface area contributed by atoms with Gasteiger partial charge in [0, 0.05) is 30.7 Å². The number of thioether (sulfide) groups is 1. The summed E-state index contributed by atoms with van der Waals surface area (Å²) in [6, 6.07) is 13.7. The minimum atomic E-state index is -3.46. The highest BCUT2D eigenvalue weighted by molar-refractivity contribution is 7.98. The summed E-state index contributed by atoms with van der Waals surface area (Å²) in [7, 11) is -3.46. The van der Waals surface area contributed by atoms with Gasteiger partial charge in [-0.3, -0.25) is 0 Å². The normalized spacial score (nSPS) is 11.9. The molecule has 2 heterocycles. The molecule has 1 aromatic carbocycles. The van der Waals surface area contributed by atoms with Crippen LogP contribution in [0.25, 0.3) is 5.69 Å². The molecule has 0 spiro atoms. The number of aromatic nitrogens is 3. The molecule has 3 rings (SSSR count). The van der Waals surface area contributed by atoms with E-state index in [0.717, 1.165) is 27.9 Å². The molecular formula is C21H26N4O2S2. The Labute approximate surface area is 177 Å². The van der Waals surface area contributed by atoms with E-state index in [4.69, 9.17) is 0 Å². The van der Waals surface area contributed by atoms with E-state index in [9.17, 15) is 8.42 Å². The first-order chi connectivity index (χ1) is 13.8. The average Bonchev–Trinajstić information content (AvgIpc) is 3.06. The van der Waals surface area contributed by atoms with E-state index in [2.05, 4.69) is 40.4 Å². The molecule has 8 heteroatoms. The number of sulfonamides is 1. The second kappa shape index (κ2) is 9.11. The van der Waals surface area contributed by atoms with E-state index >= 15 is 0 Å². The van der Waals surface area contributed by atoms with Crippen molar-refractivity contribution >= 4 is 21.8 Å². The molecule has 29 heavy (non-hydrogen) atoms. The van der Waals surface area contributed by atoms with Crippen LogP contribution in [-0.4, -0.2) is 40.6 Å². The Morgan fingerprint density at radius 1 is 1.03 bits per heavy atom. The molecule has 0 unspecified atom stereocenters. The molecule has 154 valence electrons. The zero-order valence-electron chi connectivity index (χ0n) is 17.2. The summed E-state index contributed by atoms with van der Waals surface area (Å²) in [4.78, 5) is 4.57. The summed E-state index contributed by atoms with van der Waals surface area (Å²) in [5, 5.41) is 5.30. The first kappa shape index (κ1) is 21.5. The predicted octanol–water partition coefficient (Wildman–Crippen LogP) is 4.21. The second-order valence-electron chi connectivity index (χ2n) is 6.72. The number of pyridine rings is 1. The highest BCUT2D eigenvalue weighted by atomic mass is 32.2. The maximum Gasteiger partial charge on any atom is 0.244 e. The van der Waals surface area contributed by atoms with Gasteiger partial charge in [0.05, 0.1) is 16.4 Å². The van der Waals surface area contributed by atoms with Crippen molar-refractivity contribution in [2.75, 3.05) is 13.1 Å². The summed E-state index contributed by atoms with van der Waals surface area (Å²) in [6.45, 7) is 8.59. The highest BCUT2D eigenvalue weighted by Gasteiger charge is 2.21. The molecule has 0 amide bonds. The van der Waals surface area contributed by atoms with Crippen LogP contribution in [0.2, 0.25) is 0 Å². The van der Waals surface area contributed by atoms with Crippen molar-refractivity contribution in [3.8, 4) is 5.69 Å². The van der Waals surface area contributed by atoms with Crippen molar-refractivity contribution in [3.63, 3.8) is 0 Å². The van der Waals surface area contributed by atoms with Crippen molar-refractivity contribution in [2.45, 2.75) is 43.4 Å². The van der Waals surface area contributed by atoms with Crippen molar-refractivity contribution in [3.05, 3.63) is 65.6 Å². The Balaban J connectivity index is 1.65. The molecule has 0 saturated carbocycles. The van der Waals surface area contributed by atoms with Crippen molar-refractivity contribution in [2.24, 2.45) is 0 Å². The van der Waals surface area contributed by atoms with Crippen molar-refractivity contribution in [1.82, 2.24) is 19.1 Å². The van der Waals surface area contributed by atoms with Crippen LogP contribution in [-0.2, 0) is 15.8 Å². The van der Waals surface area contributed by atoms with Crippen LogP contribution in [0, 0.1) is 13.8 Å². The molecule has 0 atom stereocenters. The fourth-order valence-electron chi connectivity index (χ4n) is 3.10. The van der Waals surface area contributed by atoms with Crippen LogP contribution < -0.4 is 0 Å². The highest BCUT2D eigenvalue weighted by Crippen LogP contribution is 2.24. The smallest absolute Gasteiger partial charge is 0.244 e. The monoisotopic (exact) mass is 430 g/mol. The average molecular weight is 431 g/mol. The van der Waals surface area contributed by atoms with E-state index in [1.165, 1.54) is 16.1 Å². The van der Waals surface area contributed by atoms with E-state index in [0.29, 0.717) is 13.1 Å². The topological polar surface area (TPSA) is 68.1 Å². The van der Waals surface area contributed by atoms with Gasteiger partial charge in [-0.15, -0.1) is 11.8 Å². The van der Waals surface area contributed by atoms with Gasteiger partial charge in [-0.2, -0.15) is 9.40 Å². The van der Waals surface area contributed by atoms with E-state index in [1.807, 2.05) is 32.4 Å². The zero-order chi connectivity index (χ0) is 21.0. The molecule has 6 nitrogen and oxygen atoms in total. The molecule has 3 aromatic rings. The quantitative estimate of drug-likeness (QED) is 0.501. The van der Waals surface area contributed by atoms with E-state index in [1.54, 1.807) is 23.9 Å². The number of benzene rings is 1. The van der Waals surface area contributed by atoms with Crippen molar-refractivity contribution < 1.29 is 8.42 Å². The maximum atomic E-state index is 12.5. The van der Waals surface area contributed by atoms with Gasteiger partial charge in [-0.05, 0) is 49.7 Å². The lowest BCUT2D eigenvalue weighted by molar-refractivity contribution is 0.445. The maximum absolute atomic E-state index is 12.5. The minimum Gasteiger partial charge on any atom is -0.249 e. The Kier molecular flexibility index (Phi) is 6.77. The van der Waals surface area contributed by atoms with E-state index < -0.39 is 10.0 Å². The number of hydrogen-bond acceptors (Lipinski definition) is 5. The van der Waals surface area contributed by atoms with Gasteiger partial charge < -0.3 is 0 Å². The Morgan fingerprint density at radius 3 is 2.24 bits per heavy atom. The molecule has 0 N–H and O–H groups in total. The Morgan fingerprint density at radius 2 is 1.72 bits per heavy atom. The van der Waals surface area contributed by atoms with Gasteiger partial charge in [0.2, 0.25) is 10.0 Å². The molecule has 0 aliphatic rings. The standard InChI is InChI=1S/C21H26N4O2S2/c1-5-24(6-2)29(26,27)20-11-12-21(22-14-20)28-15-18-7-9-19(10-8-18)25-17(4)13-16(3)23-25/h7-14H,5-6,15H2,1-4H3. The molecule has 0 bridgehead atoms. The Hall–Kier alpha value is -2.16. The summed E-state index contributed by atoms with van der Waals surface area (Å²) in [5.74, 6) is 0.756. The Bertz CT molecular complexity index is 1060. The fourth-order valence-corrected chi connectivity index (χ4v) is 5.30. The predicted molar refractivity (Wildman–Crippen MR) is 117 cm³/mol. The van der Waals surface area contributed by atoms with Crippen LogP contribution in [0.4, 0.5) is 0 Å². The molecule has 0 fully saturated rings. The van der Waals surface area contributed by atoms with Crippen LogP contribution in [0.15, 0.2) is 58.6 Å². The van der Waals surface area contributed by atoms with Crippen LogP contribution in [0.5, 0.6) is 0 Å². The fraction of sp³-hybridized carbons (Fsp3) is 0.333. The SMILES string of the molecule is CCN(CC)S(=O)(=O)c1ccc(SCc2ccc(-n3nc(C)cc3C)cc2)nc1. The van der Waals surface area contributed by atoms with Gasteiger partial charge in [0.1, 0.15) is 4.90 Å². The van der Waals surface area contributed by atoms with Crippen LogP contribution >= 0.6 is 11.8 Å². The molecule has 0 aliphatic heterocycles.